The van der Waals surface area contributed by atoms with Gasteiger partial charge in [0.2, 0.25) is 0 Å². The van der Waals surface area contributed by atoms with Crippen molar-refractivity contribution in [3.05, 3.63) is 5.89 Å². The first-order valence-electron chi connectivity index (χ1n) is 5.07. The highest BCUT2D eigenvalue weighted by molar-refractivity contribution is 5.26. The lowest BCUT2D eigenvalue weighted by Gasteiger charge is -2.15. The van der Waals surface area contributed by atoms with Gasteiger partial charge in [0.05, 0.1) is 6.61 Å². The van der Waals surface area contributed by atoms with E-state index in [1.165, 1.54) is 0 Å². The molecular weight excluding hydrogens is 196 g/mol. The van der Waals surface area contributed by atoms with E-state index >= 15 is 0 Å². The molecule has 1 unspecified atom stereocenters. The fraction of sp³-hybridized carbons (Fsp3) is 0.778. The van der Waals surface area contributed by atoms with Gasteiger partial charge < -0.3 is 19.9 Å². The van der Waals surface area contributed by atoms with Gasteiger partial charge in [-0.05, 0) is 18.5 Å². The van der Waals surface area contributed by atoms with E-state index in [4.69, 9.17) is 15.0 Å². The number of ether oxygens (including phenoxy) is 1. The first kappa shape index (κ1) is 10.4. The van der Waals surface area contributed by atoms with E-state index in [1.807, 2.05) is 18.9 Å². The predicted molar refractivity (Wildman–Crippen MR) is 54.5 cm³/mol. The van der Waals surface area contributed by atoms with Crippen LogP contribution in [0.2, 0.25) is 0 Å². The summed E-state index contributed by atoms with van der Waals surface area (Å²) in [4.78, 5) is 6.17. The molecule has 2 N–H and O–H groups in total. The highest BCUT2D eigenvalue weighted by Gasteiger charge is 2.38. The van der Waals surface area contributed by atoms with E-state index in [1.54, 1.807) is 0 Å². The van der Waals surface area contributed by atoms with E-state index in [-0.39, 0.29) is 0 Å². The number of rotatable bonds is 3. The number of hydrogen-bond acceptors (Lipinski definition) is 6. The normalized spacial score (nSPS) is 25.8. The van der Waals surface area contributed by atoms with Crippen LogP contribution < -0.4 is 10.6 Å². The van der Waals surface area contributed by atoms with E-state index < -0.39 is 5.54 Å². The molecule has 0 amide bonds. The Morgan fingerprint density at radius 3 is 3.00 bits per heavy atom. The molecule has 0 aliphatic carbocycles. The second-order valence-corrected chi connectivity index (χ2v) is 3.87. The summed E-state index contributed by atoms with van der Waals surface area (Å²) in [5.74, 6) is 1.04. The van der Waals surface area contributed by atoms with Crippen LogP contribution in [0.1, 0.15) is 19.2 Å². The highest BCUT2D eigenvalue weighted by Crippen LogP contribution is 2.27. The lowest BCUT2D eigenvalue weighted by atomic mass is 10.0. The summed E-state index contributed by atoms with van der Waals surface area (Å²) < 4.78 is 10.4. The molecule has 0 radical (unpaired) electrons. The molecule has 0 bridgehead atoms. The summed E-state index contributed by atoms with van der Waals surface area (Å²) >= 11 is 0. The maximum absolute atomic E-state index is 6.10. The monoisotopic (exact) mass is 212 g/mol. The van der Waals surface area contributed by atoms with Crippen molar-refractivity contribution >= 4 is 5.95 Å². The van der Waals surface area contributed by atoms with Gasteiger partial charge in [0.1, 0.15) is 5.54 Å². The third kappa shape index (κ3) is 1.82. The van der Waals surface area contributed by atoms with Crippen LogP contribution in [0.4, 0.5) is 5.95 Å². The standard InChI is InChI=1S/C9H16N4O2/c1-3-13(2)8-11-7(15-12-8)9(10)4-5-14-6-9/h3-6,10H2,1-2H3. The third-order valence-corrected chi connectivity index (χ3v) is 2.71. The van der Waals surface area contributed by atoms with Gasteiger partial charge in [-0.1, -0.05) is 0 Å². The van der Waals surface area contributed by atoms with Gasteiger partial charge in [0, 0.05) is 20.2 Å². The molecule has 6 heteroatoms. The maximum atomic E-state index is 6.10. The minimum atomic E-state index is -0.597. The van der Waals surface area contributed by atoms with Crippen molar-refractivity contribution in [1.29, 1.82) is 0 Å². The maximum Gasteiger partial charge on any atom is 0.265 e. The van der Waals surface area contributed by atoms with Crippen molar-refractivity contribution in [2.24, 2.45) is 5.73 Å². The zero-order chi connectivity index (χ0) is 10.9. The fourth-order valence-electron chi connectivity index (χ4n) is 1.46. The van der Waals surface area contributed by atoms with Gasteiger partial charge in [0.15, 0.2) is 0 Å². The molecule has 1 aromatic heterocycles. The Bertz CT molecular complexity index is 333. The second-order valence-electron chi connectivity index (χ2n) is 3.87. The van der Waals surface area contributed by atoms with Crippen LogP contribution in [0.25, 0.3) is 0 Å². The van der Waals surface area contributed by atoms with Crippen LogP contribution in [-0.2, 0) is 10.3 Å². The van der Waals surface area contributed by atoms with Crippen LogP contribution in [0.5, 0.6) is 0 Å². The van der Waals surface area contributed by atoms with Gasteiger partial charge in [0.25, 0.3) is 11.8 Å². The molecular formula is C9H16N4O2. The molecule has 1 aromatic rings. The lowest BCUT2D eigenvalue weighted by molar-refractivity contribution is 0.166. The second kappa shape index (κ2) is 3.79. The summed E-state index contributed by atoms with van der Waals surface area (Å²) in [7, 11) is 1.91. The minimum absolute atomic E-state index is 0.449. The van der Waals surface area contributed by atoms with Gasteiger partial charge in [-0.3, -0.25) is 0 Å². The lowest BCUT2D eigenvalue weighted by Crippen LogP contribution is -2.37. The Morgan fingerprint density at radius 1 is 1.60 bits per heavy atom. The van der Waals surface area contributed by atoms with Gasteiger partial charge in [-0.2, -0.15) is 4.98 Å². The number of hydrogen-bond donors (Lipinski definition) is 1. The molecule has 0 aromatic carbocycles. The van der Waals surface area contributed by atoms with Crippen molar-refractivity contribution < 1.29 is 9.26 Å². The van der Waals surface area contributed by atoms with E-state index in [0.717, 1.165) is 13.0 Å². The van der Waals surface area contributed by atoms with Crippen LogP contribution >= 0.6 is 0 Å². The molecule has 1 aliphatic rings. The third-order valence-electron chi connectivity index (χ3n) is 2.71. The van der Waals surface area contributed by atoms with Crippen LogP contribution in [0.3, 0.4) is 0 Å². The SMILES string of the molecule is CCN(C)c1noc(C2(N)CCOC2)n1. The molecule has 0 spiro atoms. The molecule has 1 aliphatic heterocycles. The zero-order valence-electron chi connectivity index (χ0n) is 9.06. The zero-order valence-corrected chi connectivity index (χ0v) is 9.06. The molecule has 2 rings (SSSR count). The van der Waals surface area contributed by atoms with Crippen LogP contribution in [0, 0.1) is 0 Å². The summed E-state index contributed by atoms with van der Waals surface area (Å²) in [6, 6.07) is 0. The van der Waals surface area contributed by atoms with Crippen molar-refractivity contribution in [3.63, 3.8) is 0 Å². The van der Waals surface area contributed by atoms with Gasteiger partial charge >= 0.3 is 0 Å². The summed E-state index contributed by atoms with van der Waals surface area (Å²) in [6.07, 6.45) is 0.727. The predicted octanol–water partition coefficient (Wildman–Crippen LogP) is 0.1000. The first-order valence-corrected chi connectivity index (χ1v) is 5.07. The number of aromatic nitrogens is 2. The Morgan fingerprint density at radius 2 is 2.40 bits per heavy atom. The first-order chi connectivity index (χ1) is 7.15. The molecule has 6 nitrogen and oxygen atoms in total. The van der Waals surface area contributed by atoms with E-state index in [0.29, 0.717) is 25.1 Å². The molecule has 0 saturated carbocycles. The average Bonchev–Trinajstić information content (AvgIpc) is 2.85. The largest absolute Gasteiger partial charge is 0.379 e. The highest BCUT2D eigenvalue weighted by atomic mass is 16.5. The smallest absolute Gasteiger partial charge is 0.265 e. The quantitative estimate of drug-likeness (QED) is 0.765. The van der Waals surface area contributed by atoms with E-state index in [2.05, 4.69) is 10.1 Å². The van der Waals surface area contributed by atoms with Gasteiger partial charge in [-0.15, -0.1) is 0 Å². The van der Waals surface area contributed by atoms with Gasteiger partial charge in [-0.25, -0.2) is 0 Å². The summed E-state index contributed by atoms with van der Waals surface area (Å²) in [6.45, 7) is 3.95. The number of anilines is 1. The van der Waals surface area contributed by atoms with E-state index in [9.17, 15) is 0 Å². The Labute approximate surface area is 88.4 Å². The summed E-state index contributed by atoms with van der Waals surface area (Å²) in [5, 5.41) is 3.88. The average molecular weight is 212 g/mol. The molecule has 1 fully saturated rings. The van der Waals surface area contributed by atoms with Crippen molar-refractivity contribution in [2.75, 3.05) is 31.7 Å². The van der Waals surface area contributed by atoms with Crippen molar-refractivity contribution in [3.8, 4) is 0 Å². The molecule has 1 atom stereocenters. The van der Waals surface area contributed by atoms with Crippen LogP contribution in [0.15, 0.2) is 4.52 Å². The Hall–Kier alpha value is -1.14. The van der Waals surface area contributed by atoms with Crippen LogP contribution in [-0.4, -0.2) is 36.9 Å². The van der Waals surface area contributed by atoms with Crippen molar-refractivity contribution in [1.82, 2.24) is 10.1 Å². The van der Waals surface area contributed by atoms with Crippen molar-refractivity contribution in [2.45, 2.75) is 18.9 Å². The fourth-order valence-corrected chi connectivity index (χ4v) is 1.46. The Kier molecular flexibility index (Phi) is 2.62. The topological polar surface area (TPSA) is 77.4 Å². The molecule has 15 heavy (non-hydrogen) atoms. The molecule has 2 heterocycles. The number of nitrogens with zero attached hydrogens (tertiary/aromatic N) is 3. The Balaban J connectivity index is 2.19. The molecule has 84 valence electrons. The minimum Gasteiger partial charge on any atom is -0.379 e. The number of nitrogens with two attached hydrogens (primary N) is 1. The molecule has 1 saturated heterocycles. The summed E-state index contributed by atoms with van der Waals surface area (Å²) in [5.41, 5.74) is 5.50.